The zero-order valence-electron chi connectivity index (χ0n) is 20.9. The third-order valence-electron chi connectivity index (χ3n) is 5.60. The van der Waals surface area contributed by atoms with E-state index in [0.29, 0.717) is 22.0 Å². The van der Waals surface area contributed by atoms with Gasteiger partial charge in [-0.2, -0.15) is 13.2 Å². The molecule has 0 aliphatic carbocycles. The molecule has 2 aromatic carbocycles. The Hall–Kier alpha value is -2.18. The van der Waals surface area contributed by atoms with Crippen LogP contribution in [0.3, 0.4) is 0 Å². The second-order valence-corrected chi connectivity index (χ2v) is 11.3. The number of aliphatic hydroxyl groups is 1. The van der Waals surface area contributed by atoms with Gasteiger partial charge in [-0.1, -0.05) is 0 Å². The monoisotopic (exact) mass is 567 g/mol. The number of aliphatic hydroxyl groups excluding tert-OH is 1. The lowest BCUT2D eigenvalue weighted by atomic mass is 9.98. The standard InChI is InChI=1S/C24H26F5NO3S2.CH4O/c1-23(2,13-31)14-33-19-11-21-18(10-20(19)34-3)30(17-6-4-16(25)5-7-17)12-15(22(26)35(21)32)8-9-24(27,28)29;1-2/h4-7,10-11,13,15,22H,8-9,12,14H2,1-3H3;2H,1H3. The summed E-state index contributed by atoms with van der Waals surface area (Å²) in [5, 5.41) is 7.00. The molecule has 37 heavy (non-hydrogen) atoms. The van der Waals surface area contributed by atoms with E-state index in [1.165, 1.54) is 42.1 Å². The van der Waals surface area contributed by atoms with Crippen LogP contribution in [0.15, 0.2) is 46.2 Å². The summed E-state index contributed by atoms with van der Waals surface area (Å²) < 4.78 is 86.8. The van der Waals surface area contributed by atoms with Crippen LogP contribution in [0.5, 0.6) is 5.75 Å². The number of rotatable bonds is 8. The minimum Gasteiger partial charge on any atom is -0.491 e. The molecule has 1 aliphatic heterocycles. The highest BCUT2D eigenvalue weighted by Gasteiger charge is 2.39. The average molecular weight is 568 g/mol. The molecule has 0 bridgehead atoms. The van der Waals surface area contributed by atoms with Crippen molar-refractivity contribution in [2.45, 2.75) is 48.2 Å². The van der Waals surface area contributed by atoms with E-state index in [-0.39, 0.29) is 18.0 Å². The number of hydrogen-bond donors (Lipinski definition) is 1. The highest BCUT2D eigenvalue weighted by atomic mass is 32.2. The number of anilines is 2. The molecule has 0 aromatic heterocycles. The molecule has 2 aromatic rings. The van der Waals surface area contributed by atoms with Gasteiger partial charge in [-0.05, 0) is 62.9 Å². The van der Waals surface area contributed by atoms with Gasteiger partial charge in [-0.15, -0.1) is 11.8 Å². The van der Waals surface area contributed by atoms with Crippen molar-refractivity contribution in [2.75, 3.05) is 31.4 Å². The molecule has 3 rings (SSSR count). The lowest BCUT2D eigenvalue weighted by molar-refractivity contribution is -0.137. The first-order valence-corrected chi connectivity index (χ1v) is 13.7. The molecule has 1 N–H and O–H groups in total. The molecule has 0 radical (unpaired) electrons. The summed E-state index contributed by atoms with van der Waals surface area (Å²) in [4.78, 5) is 13.5. The maximum Gasteiger partial charge on any atom is 0.389 e. The highest BCUT2D eigenvalue weighted by molar-refractivity contribution is 7.98. The first kappa shape index (κ1) is 31.0. The Balaban J connectivity index is 0.00000235. The Morgan fingerprint density at radius 2 is 1.81 bits per heavy atom. The Kier molecular flexibility index (Phi) is 11.0. The van der Waals surface area contributed by atoms with Crippen molar-refractivity contribution >= 4 is 40.2 Å². The van der Waals surface area contributed by atoms with E-state index < -0.39 is 52.5 Å². The fourth-order valence-electron chi connectivity index (χ4n) is 3.62. The molecular formula is C25H30F5NO4S2. The van der Waals surface area contributed by atoms with Crippen LogP contribution in [0.1, 0.15) is 26.7 Å². The number of aldehydes is 1. The summed E-state index contributed by atoms with van der Waals surface area (Å²) in [6, 6.07) is 8.34. The summed E-state index contributed by atoms with van der Waals surface area (Å²) in [5.41, 5.74) is -2.08. The van der Waals surface area contributed by atoms with Gasteiger partial charge < -0.3 is 19.5 Å². The lowest BCUT2D eigenvalue weighted by Crippen LogP contribution is -2.30. The largest absolute Gasteiger partial charge is 0.491 e. The zero-order valence-corrected chi connectivity index (χ0v) is 22.5. The molecule has 0 fully saturated rings. The van der Waals surface area contributed by atoms with Crippen LogP contribution in [0.2, 0.25) is 0 Å². The highest BCUT2D eigenvalue weighted by Crippen LogP contribution is 2.44. The summed E-state index contributed by atoms with van der Waals surface area (Å²) in [6.07, 6.45) is -3.73. The number of carbonyl (C=O) groups is 1. The third-order valence-corrected chi connectivity index (χ3v) is 7.91. The smallest absolute Gasteiger partial charge is 0.389 e. The Bertz CT molecular complexity index is 1080. The number of nitrogens with zero attached hydrogens (tertiary/aromatic N) is 1. The van der Waals surface area contributed by atoms with E-state index >= 15 is 4.39 Å². The number of fused-ring (bicyclic) bond motifs is 1. The van der Waals surface area contributed by atoms with Crippen molar-refractivity contribution in [3.63, 3.8) is 0 Å². The summed E-state index contributed by atoms with van der Waals surface area (Å²) in [6.45, 7) is 3.21. The van der Waals surface area contributed by atoms with Gasteiger partial charge >= 0.3 is 6.18 Å². The SMILES string of the molecule is CO.CSc1cc2c(cc1OCC(C)(C)C=O)S(=O)C(F)C(CCC(F)(F)F)CN2c1ccc(F)cc1. The van der Waals surface area contributed by atoms with Crippen molar-refractivity contribution in [1.82, 2.24) is 0 Å². The number of carbonyl (C=O) groups excluding carboxylic acids is 1. The topological polar surface area (TPSA) is 66.8 Å². The normalized spacial score (nSPS) is 19.8. The van der Waals surface area contributed by atoms with Crippen LogP contribution in [0.25, 0.3) is 0 Å². The van der Waals surface area contributed by atoms with Crippen LogP contribution < -0.4 is 9.64 Å². The zero-order chi connectivity index (χ0) is 28.0. The lowest BCUT2D eigenvalue weighted by Gasteiger charge is -2.29. The van der Waals surface area contributed by atoms with E-state index in [4.69, 9.17) is 9.84 Å². The second kappa shape index (κ2) is 13.1. The maximum absolute atomic E-state index is 15.4. The van der Waals surface area contributed by atoms with E-state index in [1.807, 2.05) is 0 Å². The second-order valence-electron chi connectivity index (χ2n) is 9.02. The molecule has 3 atom stereocenters. The average Bonchev–Trinajstić information content (AvgIpc) is 2.97. The van der Waals surface area contributed by atoms with E-state index in [2.05, 4.69) is 0 Å². The molecule has 0 spiro atoms. The van der Waals surface area contributed by atoms with E-state index in [1.54, 1.807) is 31.1 Å². The minimum absolute atomic E-state index is 0.0183. The summed E-state index contributed by atoms with van der Waals surface area (Å²) in [7, 11) is -1.29. The number of hydrogen-bond acceptors (Lipinski definition) is 6. The van der Waals surface area contributed by atoms with Gasteiger partial charge in [0.2, 0.25) is 0 Å². The van der Waals surface area contributed by atoms with Crippen molar-refractivity contribution in [1.29, 1.82) is 0 Å². The van der Waals surface area contributed by atoms with E-state index in [9.17, 15) is 26.6 Å². The number of halogens is 5. The van der Waals surface area contributed by atoms with Gasteiger partial charge in [0.1, 0.15) is 17.9 Å². The minimum atomic E-state index is -4.49. The maximum atomic E-state index is 15.4. The molecule has 1 aliphatic rings. The number of thioether (sulfide) groups is 1. The first-order chi connectivity index (χ1) is 17.3. The van der Waals surface area contributed by atoms with Crippen LogP contribution in [-0.2, 0) is 15.6 Å². The predicted octanol–water partition coefficient (Wildman–Crippen LogP) is 6.27. The molecule has 12 heteroatoms. The number of ether oxygens (including phenoxy) is 1. The van der Waals surface area contributed by atoms with Crippen molar-refractivity contribution in [3.05, 3.63) is 42.2 Å². The van der Waals surface area contributed by atoms with Gasteiger partial charge in [-0.3, -0.25) is 4.21 Å². The van der Waals surface area contributed by atoms with Gasteiger partial charge in [0.05, 0.1) is 38.3 Å². The fourth-order valence-corrected chi connectivity index (χ4v) is 5.58. The Labute approximate surface area is 219 Å². The summed E-state index contributed by atoms with van der Waals surface area (Å²) >= 11 is 1.31. The Morgan fingerprint density at radius 1 is 1.19 bits per heavy atom. The first-order valence-electron chi connectivity index (χ1n) is 11.3. The third kappa shape index (κ3) is 8.15. The van der Waals surface area contributed by atoms with Gasteiger partial charge in [0.15, 0.2) is 5.50 Å². The Morgan fingerprint density at radius 3 is 2.35 bits per heavy atom. The fraction of sp³-hybridized carbons (Fsp3) is 0.480. The van der Waals surface area contributed by atoms with Crippen LogP contribution in [0.4, 0.5) is 33.3 Å². The van der Waals surface area contributed by atoms with Gasteiger partial charge in [0, 0.05) is 31.7 Å². The number of alkyl halides is 4. The molecule has 0 saturated heterocycles. The molecule has 206 valence electrons. The van der Waals surface area contributed by atoms with Crippen LogP contribution in [0, 0.1) is 17.2 Å². The molecule has 1 heterocycles. The quantitative estimate of drug-likeness (QED) is 0.230. The molecular weight excluding hydrogens is 537 g/mol. The molecule has 5 nitrogen and oxygen atoms in total. The van der Waals surface area contributed by atoms with E-state index in [0.717, 1.165) is 13.4 Å². The van der Waals surface area contributed by atoms with Crippen molar-refractivity contribution in [3.8, 4) is 5.75 Å². The number of benzene rings is 2. The predicted molar refractivity (Wildman–Crippen MR) is 135 cm³/mol. The van der Waals surface area contributed by atoms with Crippen molar-refractivity contribution in [2.24, 2.45) is 11.3 Å². The molecule has 3 unspecified atom stereocenters. The van der Waals surface area contributed by atoms with Crippen LogP contribution in [-0.4, -0.2) is 53.8 Å². The van der Waals surface area contributed by atoms with Gasteiger partial charge in [-0.25, -0.2) is 8.78 Å². The van der Waals surface area contributed by atoms with Gasteiger partial charge in [0.25, 0.3) is 0 Å². The van der Waals surface area contributed by atoms with Crippen LogP contribution >= 0.6 is 11.8 Å². The molecule has 0 saturated carbocycles. The summed E-state index contributed by atoms with van der Waals surface area (Å²) in [5.74, 6) is -1.40. The molecule has 0 amide bonds. The van der Waals surface area contributed by atoms with Crippen molar-refractivity contribution < 1.29 is 40.8 Å².